The molecular weight excluding hydrogens is 389 g/mol. The highest BCUT2D eigenvalue weighted by atomic mass is 19.4. The molecule has 29 heavy (non-hydrogen) atoms. The number of carbonyl (C=O) groups excluding carboxylic acids is 1. The number of aromatic nitrogens is 3. The topological polar surface area (TPSA) is 81.4 Å². The molecule has 0 aliphatic carbocycles. The predicted molar refractivity (Wildman–Crippen MR) is 95.4 cm³/mol. The molecule has 0 unspecified atom stereocenters. The van der Waals surface area contributed by atoms with Gasteiger partial charge in [0.25, 0.3) is 0 Å². The van der Waals surface area contributed by atoms with Crippen molar-refractivity contribution >= 4 is 5.91 Å². The number of ether oxygens (including phenoxy) is 1. The van der Waals surface area contributed by atoms with Gasteiger partial charge in [0, 0.05) is 44.4 Å². The summed E-state index contributed by atoms with van der Waals surface area (Å²) in [5.41, 5.74) is 1.43. The molecule has 0 atom stereocenters. The van der Waals surface area contributed by atoms with Crippen LogP contribution in [0.25, 0.3) is 11.4 Å². The van der Waals surface area contributed by atoms with Gasteiger partial charge in [-0.2, -0.15) is 4.98 Å². The number of aryl methyl sites for hydroxylation is 1. The first-order valence-corrected chi connectivity index (χ1v) is 8.62. The van der Waals surface area contributed by atoms with E-state index < -0.39 is 6.36 Å². The molecule has 0 N–H and O–H groups in total. The van der Waals surface area contributed by atoms with Gasteiger partial charge in [0.15, 0.2) is 0 Å². The Morgan fingerprint density at radius 1 is 1.14 bits per heavy atom. The normalized spacial score (nSPS) is 11.3. The second kappa shape index (κ2) is 8.72. The summed E-state index contributed by atoms with van der Waals surface area (Å²) in [5.74, 6) is 0.289. The van der Waals surface area contributed by atoms with Crippen LogP contribution in [0.4, 0.5) is 13.2 Å². The van der Waals surface area contributed by atoms with Crippen molar-refractivity contribution < 1.29 is 27.2 Å². The van der Waals surface area contributed by atoms with Crippen molar-refractivity contribution in [2.24, 2.45) is 0 Å². The van der Waals surface area contributed by atoms with E-state index in [2.05, 4.69) is 19.9 Å². The number of rotatable bonds is 7. The summed E-state index contributed by atoms with van der Waals surface area (Å²) in [6.07, 6.45) is -1.07. The van der Waals surface area contributed by atoms with Crippen LogP contribution in [-0.4, -0.2) is 39.3 Å². The number of hydrogen-bond donors (Lipinski definition) is 0. The summed E-state index contributed by atoms with van der Waals surface area (Å²) in [4.78, 5) is 21.9. The Morgan fingerprint density at radius 2 is 1.83 bits per heavy atom. The van der Waals surface area contributed by atoms with Gasteiger partial charge in [-0.3, -0.25) is 9.78 Å². The van der Waals surface area contributed by atoms with Crippen LogP contribution in [0.3, 0.4) is 0 Å². The summed E-state index contributed by atoms with van der Waals surface area (Å²) in [5, 5.41) is 3.88. The van der Waals surface area contributed by atoms with Crippen molar-refractivity contribution in [1.29, 1.82) is 0 Å². The van der Waals surface area contributed by atoms with Gasteiger partial charge in [0.2, 0.25) is 17.6 Å². The van der Waals surface area contributed by atoms with Crippen molar-refractivity contribution in [2.45, 2.75) is 25.7 Å². The van der Waals surface area contributed by atoms with E-state index in [0.29, 0.717) is 17.3 Å². The molecule has 0 saturated heterocycles. The highest BCUT2D eigenvalue weighted by molar-refractivity contribution is 5.76. The number of pyridine rings is 1. The van der Waals surface area contributed by atoms with Gasteiger partial charge in [-0.15, -0.1) is 13.2 Å². The van der Waals surface area contributed by atoms with Crippen LogP contribution in [0.5, 0.6) is 5.75 Å². The van der Waals surface area contributed by atoms with Crippen molar-refractivity contribution in [3.05, 3.63) is 60.2 Å². The molecule has 1 amide bonds. The SMILES string of the molecule is CN(Cc1ccc(OC(F)(F)F)cc1)C(=O)CCc1nc(-c2ccncc2)no1. The molecule has 0 saturated carbocycles. The third-order valence-electron chi connectivity index (χ3n) is 3.96. The number of benzene rings is 1. The number of hydrogen-bond acceptors (Lipinski definition) is 6. The quantitative estimate of drug-likeness (QED) is 0.596. The lowest BCUT2D eigenvalue weighted by molar-refractivity contribution is -0.274. The van der Waals surface area contributed by atoms with E-state index in [1.54, 1.807) is 31.6 Å². The molecule has 3 rings (SSSR count). The minimum atomic E-state index is -4.74. The summed E-state index contributed by atoms with van der Waals surface area (Å²) in [6, 6.07) is 8.87. The lowest BCUT2D eigenvalue weighted by Gasteiger charge is -2.17. The van der Waals surface area contributed by atoms with Gasteiger partial charge in [-0.1, -0.05) is 17.3 Å². The highest BCUT2D eigenvalue weighted by Crippen LogP contribution is 2.23. The van der Waals surface area contributed by atoms with Crippen LogP contribution >= 0.6 is 0 Å². The van der Waals surface area contributed by atoms with E-state index in [0.717, 1.165) is 5.56 Å². The van der Waals surface area contributed by atoms with Crippen LogP contribution in [0.15, 0.2) is 53.3 Å². The first-order chi connectivity index (χ1) is 13.8. The minimum Gasteiger partial charge on any atom is -0.406 e. The van der Waals surface area contributed by atoms with Crippen LogP contribution < -0.4 is 4.74 Å². The fourth-order valence-corrected chi connectivity index (χ4v) is 2.54. The van der Waals surface area contributed by atoms with Crippen molar-refractivity contribution in [3.8, 4) is 17.1 Å². The molecule has 152 valence electrons. The van der Waals surface area contributed by atoms with Gasteiger partial charge in [0.05, 0.1) is 0 Å². The lowest BCUT2D eigenvalue weighted by atomic mass is 10.2. The molecule has 10 heteroatoms. The molecule has 2 aromatic heterocycles. The predicted octanol–water partition coefficient (Wildman–Crippen LogP) is 3.62. The first kappa shape index (κ1) is 20.3. The molecule has 1 aromatic carbocycles. The molecule has 0 radical (unpaired) electrons. The third-order valence-corrected chi connectivity index (χ3v) is 3.96. The smallest absolute Gasteiger partial charge is 0.406 e. The second-order valence-electron chi connectivity index (χ2n) is 6.19. The minimum absolute atomic E-state index is 0.156. The molecule has 0 fully saturated rings. The molecule has 2 heterocycles. The number of carbonyl (C=O) groups is 1. The fraction of sp³-hybridized carbons (Fsp3) is 0.263. The van der Waals surface area contributed by atoms with Crippen LogP contribution in [0, 0.1) is 0 Å². The van der Waals surface area contributed by atoms with E-state index in [9.17, 15) is 18.0 Å². The molecular formula is C19H17F3N4O3. The monoisotopic (exact) mass is 406 g/mol. The number of amides is 1. The summed E-state index contributed by atoms with van der Waals surface area (Å²) in [7, 11) is 1.61. The van der Waals surface area contributed by atoms with Crippen LogP contribution in [-0.2, 0) is 17.8 Å². The average molecular weight is 406 g/mol. The molecule has 3 aromatic rings. The van der Waals surface area contributed by atoms with Crippen molar-refractivity contribution in [1.82, 2.24) is 20.0 Å². The first-order valence-electron chi connectivity index (χ1n) is 8.62. The fourth-order valence-electron chi connectivity index (χ4n) is 2.54. The lowest BCUT2D eigenvalue weighted by Crippen LogP contribution is -2.26. The van der Waals surface area contributed by atoms with Gasteiger partial charge < -0.3 is 14.2 Å². The standard InChI is InChI=1S/C19H17F3N4O3/c1-26(12-13-2-4-15(5-3-13)28-19(20,21)22)17(27)7-6-16-24-18(25-29-16)14-8-10-23-11-9-14/h2-5,8-11H,6-7,12H2,1H3. The van der Waals surface area contributed by atoms with Gasteiger partial charge in [-0.25, -0.2) is 0 Å². The Labute approximate surface area is 164 Å². The largest absolute Gasteiger partial charge is 0.573 e. The third kappa shape index (κ3) is 6.03. The zero-order chi connectivity index (χ0) is 20.9. The Balaban J connectivity index is 1.50. The van der Waals surface area contributed by atoms with E-state index in [4.69, 9.17) is 4.52 Å². The number of alkyl halides is 3. The van der Waals surface area contributed by atoms with Gasteiger partial charge in [0.1, 0.15) is 5.75 Å². The van der Waals surface area contributed by atoms with E-state index in [-0.39, 0.29) is 31.0 Å². The summed E-state index contributed by atoms with van der Waals surface area (Å²) in [6.45, 7) is 0.247. The summed E-state index contributed by atoms with van der Waals surface area (Å²) >= 11 is 0. The van der Waals surface area contributed by atoms with E-state index in [1.165, 1.54) is 29.2 Å². The number of halogens is 3. The van der Waals surface area contributed by atoms with E-state index >= 15 is 0 Å². The summed E-state index contributed by atoms with van der Waals surface area (Å²) < 4.78 is 45.5. The molecule has 0 aliphatic heterocycles. The van der Waals surface area contributed by atoms with Crippen LogP contribution in [0.1, 0.15) is 17.9 Å². The van der Waals surface area contributed by atoms with E-state index in [1.807, 2.05) is 0 Å². The maximum atomic E-state index is 12.3. The zero-order valence-electron chi connectivity index (χ0n) is 15.4. The molecule has 0 spiro atoms. The second-order valence-corrected chi connectivity index (χ2v) is 6.19. The molecule has 0 bridgehead atoms. The average Bonchev–Trinajstić information content (AvgIpc) is 3.16. The van der Waals surface area contributed by atoms with Gasteiger partial charge in [-0.05, 0) is 29.8 Å². The Kier molecular flexibility index (Phi) is 6.10. The van der Waals surface area contributed by atoms with Gasteiger partial charge >= 0.3 is 6.36 Å². The zero-order valence-corrected chi connectivity index (χ0v) is 15.4. The molecule has 7 nitrogen and oxygen atoms in total. The highest BCUT2D eigenvalue weighted by Gasteiger charge is 2.30. The Morgan fingerprint density at radius 3 is 2.48 bits per heavy atom. The maximum Gasteiger partial charge on any atom is 0.573 e. The Bertz CT molecular complexity index is 943. The van der Waals surface area contributed by atoms with Crippen molar-refractivity contribution in [2.75, 3.05) is 7.05 Å². The molecule has 0 aliphatic rings. The maximum absolute atomic E-state index is 12.3. The van der Waals surface area contributed by atoms with Crippen molar-refractivity contribution in [3.63, 3.8) is 0 Å². The Hall–Kier alpha value is -3.43. The number of nitrogens with zero attached hydrogens (tertiary/aromatic N) is 4. The van der Waals surface area contributed by atoms with Crippen LogP contribution in [0.2, 0.25) is 0 Å².